The molecule has 21 heavy (non-hydrogen) atoms. The summed E-state index contributed by atoms with van der Waals surface area (Å²) in [7, 11) is 0. The van der Waals surface area contributed by atoms with Crippen molar-refractivity contribution in [3.05, 3.63) is 35.0 Å². The molecule has 1 unspecified atom stereocenters. The summed E-state index contributed by atoms with van der Waals surface area (Å²) in [5.41, 5.74) is 4.39. The fourth-order valence-electron chi connectivity index (χ4n) is 2.45. The molecule has 3 rings (SSSR count). The van der Waals surface area contributed by atoms with E-state index in [-0.39, 0.29) is 24.7 Å². The van der Waals surface area contributed by atoms with Crippen LogP contribution in [0.15, 0.2) is 24.3 Å². The second kappa shape index (κ2) is 4.78. The maximum absolute atomic E-state index is 13.2. The van der Waals surface area contributed by atoms with E-state index in [0.29, 0.717) is 16.1 Å². The maximum Gasteiger partial charge on any atom is 0.325 e. The predicted octanol–water partition coefficient (Wildman–Crippen LogP) is 1.67. The number of carbonyl (C=O) groups excluding carboxylic acids is 1. The number of thiophene rings is 1. The van der Waals surface area contributed by atoms with Crippen molar-refractivity contribution in [1.82, 2.24) is 4.90 Å². The number of fused-ring (bicyclic) bond motifs is 1. The minimum atomic E-state index is -1.38. The highest BCUT2D eigenvalue weighted by molar-refractivity contribution is 7.20. The zero-order valence-electron chi connectivity index (χ0n) is 11.0. The van der Waals surface area contributed by atoms with E-state index >= 15 is 0 Å². The molecule has 0 radical (unpaired) electrons. The molecule has 110 valence electrons. The average molecular weight is 308 g/mol. The molecule has 1 atom stereocenters. The summed E-state index contributed by atoms with van der Waals surface area (Å²) in [6.07, 6.45) is 0.230. The summed E-state index contributed by atoms with van der Waals surface area (Å²) in [6.45, 7) is 0.300. The van der Waals surface area contributed by atoms with Gasteiger partial charge in [-0.3, -0.25) is 9.59 Å². The Morgan fingerprint density at radius 2 is 2.14 bits per heavy atom. The smallest absolute Gasteiger partial charge is 0.325 e. The topological polar surface area (TPSA) is 83.6 Å². The molecule has 2 heterocycles. The number of aliphatic carboxylic acids is 1. The summed E-state index contributed by atoms with van der Waals surface area (Å²) >= 11 is 1.20. The molecule has 0 aliphatic carbocycles. The van der Waals surface area contributed by atoms with Crippen molar-refractivity contribution in [2.45, 2.75) is 12.0 Å². The fourth-order valence-corrected chi connectivity index (χ4v) is 3.50. The van der Waals surface area contributed by atoms with Crippen LogP contribution in [0.3, 0.4) is 0 Å². The van der Waals surface area contributed by atoms with Gasteiger partial charge in [-0.2, -0.15) is 0 Å². The van der Waals surface area contributed by atoms with Gasteiger partial charge in [0.1, 0.15) is 11.4 Å². The van der Waals surface area contributed by atoms with Gasteiger partial charge in [0.15, 0.2) is 0 Å². The molecule has 7 heteroatoms. The SMILES string of the molecule is NC1(C(=O)O)CCN(C(=O)c2cc3ccc(F)cc3s2)C1. The van der Waals surface area contributed by atoms with E-state index in [1.807, 2.05) is 0 Å². The number of hydrogen-bond donors (Lipinski definition) is 2. The first-order valence-electron chi connectivity index (χ1n) is 6.40. The molecule has 1 amide bonds. The van der Waals surface area contributed by atoms with E-state index in [4.69, 9.17) is 10.8 Å². The zero-order valence-corrected chi connectivity index (χ0v) is 11.8. The predicted molar refractivity (Wildman–Crippen MR) is 76.9 cm³/mol. The summed E-state index contributed by atoms with van der Waals surface area (Å²) < 4.78 is 13.9. The zero-order chi connectivity index (χ0) is 15.2. The lowest BCUT2D eigenvalue weighted by atomic mass is 10.0. The van der Waals surface area contributed by atoms with Gasteiger partial charge >= 0.3 is 5.97 Å². The number of likely N-dealkylation sites (tertiary alicyclic amines) is 1. The number of amides is 1. The summed E-state index contributed by atoms with van der Waals surface area (Å²) in [5, 5.41) is 9.88. The van der Waals surface area contributed by atoms with Crippen LogP contribution in [-0.2, 0) is 4.79 Å². The van der Waals surface area contributed by atoms with Crippen LogP contribution in [0.25, 0.3) is 10.1 Å². The van der Waals surface area contributed by atoms with Gasteiger partial charge in [0.25, 0.3) is 5.91 Å². The standard InChI is InChI=1S/C14H13FN2O3S/c15-9-2-1-8-5-11(21-10(8)6-9)12(18)17-4-3-14(16,7-17)13(19)20/h1-2,5-6H,3-4,7,16H2,(H,19,20). The van der Waals surface area contributed by atoms with Crippen LogP contribution in [0.5, 0.6) is 0 Å². The third-order valence-electron chi connectivity index (χ3n) is 3.71. The Morgan fingerprint density at radius 1 is 1.38 bits per heavy atom. The van der Waals surface area contributed by atoms with Crippen molar-refractivity contribution in [2.24, 2.45) is 5.73 Å². The summed E-state index contributed by atoms with van der Waals surface area (Å²) in [5.74, 6) is -1.71. The van der Waals surface area contributed by atoms with Crippen LogP contribution in [0.1, 0.15) is 16.1 Å². The van der Waals surface area contributed by atoms with Gasteiger partial charge in [0.2, 0.25) is 0 Å². The number of carbonyl (C=O) groups is 2. The highest BCUT2D eigenvalue weighted by Gasteiger charge is 2.43. The number of nitrogens with two attached hydrogens (primary N) is 1. The van der Waals surface area contributed by atoms with Gasteiger partial charge < -0.3 is 15.7 Å². The molecule has 1 fully saturated rings. The Balaban J connectivity index is 1.86. The average Bonchev–Trinajstić information content (AvgIpc) is 3.02. The lowest BCUT2D eigenvalue weighted by molar-refractivity contribution is -0.142. The molecule has 1 saturated heterocycles. The first-order chi connectivity index (χ1) is 9.89. The van der Waals surface area contributed by atoms with Crippen LogP contribution in [-0.4, -0.2) is 40.5 Å². The van der Waals surface area contributed by atoms with Crippen molar-refractivity contribution in [3.8, 4) is 0 Å². The van der Waals surface area contributed by atoms with Gasteiger partial charge in [0, 0.05) is 17.8 Å². The van der Waals surface area contributed by atoms with Gasteiger partial charge in [-0.05, 0) is 30.0 Å². The van der Waals surface area contributed by atoms with Crippen LogP contribution >= 0.6 is 11.3 Å². The minimum absolute atomic E-state index is 0.0101. The lowest BCUT2D eigenvalue weighted by Crippen LogP contribution is -2.50. The normalized spacial score (nSPS) is 21.9. The number of hydrogen-bond acceptors (Lipinski definition) is 4. The van der Waals surface area contributed by atoms with Crippen molar-refractivity contribution in [1.29, 1.82) is 0 Å². The van der Waals surface area contributed by atoms with E-state index in [0.717, 1.165) is 5.39 Å². The molecule has 0 bridgehead atoms. The monoisotopic (exact) mass is 308 g/mol. The molecule has 3 N–H and O–H groups in total. The highest BCUT2D eigenvalue weighted by Crippen LogP contribution is 2.29. The van der Waals surface area contributed by atoms with E-state index < -0.39 is 11.5 Å². The number of benzene rings is 1. The molecule has 2 aromatic rings. The second-order valence-corrected chi connectivity index (χ2v) is 6.31. The molecule has 0 saturated carbocycles. The Kier molecular flexibility index (Phi) is 3.18. The fraction of sp³-hybridized carbons (Fsp3) is 0.286. The van der Waals surface area contributed by atoms with Crippen LogP contribution < -0.4 is 5.73 Å². The Labute approximate surface area is 123 Å². The van der Waals surface area contributed by atoms with Crippen molar-refractivity contribution in [3.63, 3.8) is 0 Å². The van der Waals surface area contributed by atoms with E-state index in [1.165, 1.54) is 28.4 Å². The quantitative estimate of drug-likeness (QED) is 0.884. The number of carboxylic acids is 1. The summed E-state index contributed by atoms with van der Waals surface area (Å²) in [6, 6.07) is 6.03. The number of rotatable bonds is 2. The van der Waals surface area contributed by atoms with Crippen molar-refractivity contribution in [2.75, 3.05) is 13.1 Å². The molecule has 0 spiro atoms. The van der Waals surface area contributed by atoms with Crippen molar-refractivity contribution >= 4 is 33.3 Å². The molecule has 5 nitrogen and oxygen atoms in total. The Hall–Kier alpha value is -1.99. The number of nitrogens with zero attached hydrogens (tertiary/aromatic N) is 1. The molecule has 1 aromatic carbocycles. The maximum atomic E-state index is 13.2. The minimum Gasteiger partial charge on any atom is -0.480 e. The van der Waals surface area contributed by atoms with Gasteiger partial charge in [-0.1, -0.05) is 6.07 Å². The van der Waals surface area contributed by atoms with E-state index in [9.17, 15) is 14.0 Å². The summed E-state index contributed by atoms with van der Waals surface area (Å²) in [4.78, 5) is 25.4. The Bertz CT molecular complexity index is 745. The highest BCUT2D eigenvalue weighted by atomic mass is 32.1. The molecule has 1 aliphatic rings. The van der Waals surface area contributed by atoms with Gasteiger partial charge in [-0.15, -0.1) is 11.3 Å². The first-order valence-corrected chi connectivity index (χ1v) is 7.21. The van der Waals surface area contributed by atoms with Crippen LogP contribution in [0.4, 0.5) is 4.39 Å². The molecule has 1 aliphatic heterocycles. The van der Waals surface area contributed by atoms with Crippen molar-refractivity contribution < 1.29 is 19.1 Å². The third-order valence-corrected chi connectivity index (χ3v) is 4.79. The first kappa shape index (κ1) is 14.0. The van der Waals surface area contributed by atoms with E-state index in [1.54, 1.807) is 12.1 Å². The third kappa shape index (κ3) is 2.38. The molecular weight excluding hydrogens is 295 g/mol. The second-order valence-electron chi connectivity index (χ2n) is 5.23. The number of halogens is 1. The Morgan fingerprint density at radius 3 is 2.81 bits per heavy atom. The largest absolute Gasteiger partial charge is 0.480 e. The molecular formula is C14H13FN2O3S. The number of carboxylic acid groups (broad SMARTS) is 1. The molecule has 1 aromatic heterocycles. The van der Waals surface area contributed by atoms with Crippen LogP contribution in [0, 0.1) is 5.82 Å². The lowest BCUT2D eigenvalue weighted by Gasteiger charge is -2.19. The van der Waals surface area contributed by atoms with Gasteiger partial charge in [-0.25, -0.2) is 4.39 Å². The van der Waals surface area contributed by atoms with Crippen LogP contribution in [0.2, 0.25) is 0 Å². The van der Waals surface area contributed by atoms with Gasteiger partial charge in [0.05, 0.1) is 4.88 Å². The van der Waals surface area contributed by atoms with E-state index in [2.05, 4.69) is 0 Å².